The molecule has 0 amide bonds. The maximum Gasteiger partial charge on any atom is 0.383 e. The van der Waals surface area contributed by atoms with Crippen LogP contribution in [0, 0.1) is 0 Å². The molecule has 3 rings (SSSR count). The van der Waals surface area contributed by atoms with Crippen molar-refractivity contribution in [2.75, 3.05) is 20.0 Å². The highest BCUT2D eigenvalue weighted by Gasteiger charge is 2.18. The van der Waals surface area contributed by atoms with Crippen LogP contribution in [0.2, 0.25) is 0 Å². The van der Waals surface area contributed by atoms with Crippen LogP contribution < -0.4 is 4.89 Å². The Morgan fingerprint density at radius 2 is 1.31 bits per heavy atom. The Bertz CT molecular complexity index is 1450. The summed E-state index contributed by atoms with van der Waals surface area (Å²) in [5.41, 5.74) is 6.47. The topological polar surface area (TPSA) is 112 Å². The lowest BCUT2D eigenvalue weighted by Gasteiger charge is -2.21. The van der Waals surface area contributed by atoms with E-state index in [-0.39, 0.29) is 17.9 Å². The van der Waals surface area contributed by atoms with E-state index in [1.54, 1.807) is 0 Å². The number of unbranched alkanes of at least 4 members (excludes halogenated alkanes) is 8. The number of rotatable bonds is 23. The smallest absolute Gasteiger partial charge is 0.383 e. The zero-order valence-electron chi connectivity index (χ0n) is 29.4. The second kappa shape index (κ2) is 21.8. The molecule has 0 aromatic heterocycles. The lowest BCUT2D eigenvalue weighted by Crippen LogP contribution is -2.13. The average Bonchev–Trinajstić information content (AvgIpc) is 3.13. The summed E-state index contributed by atoms with van der Waals surface area (Å²) in [6.45, 7) is 10.2. The van der Waals surface area contributed by atoms with E-state index in [1.165, 1.54) is 44.1 Å². The summed E-state index contributed by atoms with van der Waals surface area (Å²) < 4.78 is 11.1. The number of carbonyl (C=O) groups excluding carboxylic acids is 2. The van der Waals surface area contributed by atoms with Gasteiger partial charge in [-0.1, -0.05) is 115 Å². The molecule has 0 spiro atoms. The largest absolute Gasteiger partial charge is 0.461 e. The van der Waals surface area contributed by atoms with Gasteiger partial charge in [-0.3, -0.25) is 4.89 Å². The number of carbonyl (C=O) groups is 2. The molecule has 1 aliphatic carbocycles. The van der Waals surface area contributed by atoms with Gasteiger partial charge in [0.2, 0.25) is 6.79 Å². The van der Waals surface area contributed by atoms with Crippen LogP contribution in [0.15, 0.2) is 84.2 Å². The van der Waals surface area contributed by atoms with E-state index in [4.69, 9.17) is 24.4 Å². The van der Waals surface area contributed by atoms with Crippen molar-refractivity contribution in [3.8, 4) is 16.9 Å². The number of hydrogen-bond acceptors (Lipinski definition) is 8. The zero-order valence-corrected chi connectivity index (χ0v) is 29.4. The average molecular weight is 675 g/mol. The number of aliphatic hydroxyl groups is 2. The van der Waals surface area contributed by atoms with Crippen molar-refractivity contribution < 1.29 is 39.1 Å². The van der Waals surface area contributed by atoms with Crippen molar-refractivity contribution in [3.63, 3.8) is 0 Å². The fourth-order valence-electron chi connectivity index (χ4n) is 5.65. The van der Waals surface area contributed by atoms with E-state index in [9.17, 15) is 14.7 Å². The van der Waals surface area contributed by atoms with Gasteiger partial charge in [0.15, 0.2) is 5.75 Å². The van der Waals surface area contributed by atoms with Gasteiger partial charge in [-0.2, -0.15) is 0 Å². The Balaban J connectivity index is 1.78. The molecule has 1 aliphatic rings. The van der Waals surface area contributed by atoms with E-state index < -0.39 is 25.2 Å². The third-order valence-corrected chi connectivity index (χ3v) is 8.67. The SMILES string of the molecule is C=C(CO)C(=O)OCOC1=C(CCCCCCC)C=C(c2ccc(-c3ccc(OOC(=O)C(=C)CO)c(CCCCCCC)c3)cc2)CC1. The van der Waals surface area contributed by atoms with Crippen LogP contribution in [-0.2, 0) is 30.4 Å². The van der Waals surface area contributed by atoms with Crippen LogP contribution in [0.5, 0.6) is 5.75 Å². The van der Waals surface area contributed by atoms with Gasteiger partial charge in [0.1, 0.15) is 5.76 Å². The molecule has 2 aromatic carbocycles. The molecule has 0 atom stereocenters. The lowest BCUT2D eigenvalue weighted by molar-refractivity contribution is -0.209. The summed E-state index contributed by atoms with van der Waals surface area (Å²) in [5, 5.41) is 18.3. The molecule has 0 radical (unpaired) electrons. The molecule has 8 nitrogen and oxygen atoms in total. The van der Waals surface area contributed by atoms with Crippen molar-refractivity contribution in [2.24, 2.45) is 0 Å². The summed E-state index contributed by atoms with van der Waals surface area (Å²) in [7, 11) is 0. The van der Waals surface area contributed by atoms with E-state index in [1.807, 2.05) is 12.1 Å². The normalized spacial score (nSPS) is 12.7. The van der Waals surface area contributed by atoms with Gasteiger partial charge in [0.25, 0.3) is 0 Å². The lowest BCUT2D eigenvalue weighted by atomic mass is 9.89. The highest BCUT2D eigenvalue weighted by atomic mass is 17.2. The molecule has 0 fully saturated rings. The van der Waals surface area contributed by atoms with Crippen LogP contribution in [0.4, 0.5) is 0 Å². The van der Waals surface area contributed by atoms with Crippen molar-refractivity contribution in [1.29, 1.82) is 0 Å². The third-order valence-electron chi connectivity index (χ3n) is 8.67. The summed E-state index contributed by atoms with van der Waals surface area (Å²) in [6, 6.07) is 14.4. The van der Waals surface area contributed by atoms with Gasteiger partial charge >= 0.3 is 11.9 Å². The standard InChI is InChI=1S/C41H54O8/c1-5-7-9-11-13-15-36-25-34(21-23-38(36)46-29-47-40(44)30(3)27-42)32-17-19-33(20-18-32)35-22-24-39(48-49-41(45)31(4)28-43)37(26-35)16-14-12-10-8-6-2/h17-20,22,24-26,42-43H,3-16,21,23,27-29H2,1-2H3. The second-order valence-corrected chi connectivity index (χ2v) is 12.5. The number of hydrogen-bond donors (Lipinski definition) is 2. The molecule has 0 aliphatic heterocycles. The maximum atomic E-state index is 12.0. The predicted molar refractivity (Wildman–Crippen MR) is 193 cm³/mol. The molecule has 0 saturated carbocycles. The second-order valence-electron chi connectivity index (χ2n) is 12.5. The van der Waals surface area contributed by atoms with Gasteiger partial charge in [0.05, 0.1) is 24.4 Å². The summed E-state index contributed by atoms with van der Waals surface area (Å²) in [5.74, 6) is -0.143. The van der Waals surface area contributed by atoms with Crippen LogP contribution in [0.1, 0.15) is 108 Å². The van der Waals surface area contributed by atoms with E-state index in [2.05, 4.69) is 63.4 Å². The predicted octanol–water partition coefficient (Wildman–Crippen LogP) is 9.11. The van der Waals surface area contributed by atoms with Gasteiger partial charge in [-0.25, -0.2) is 14.5 Å². The minimum absolute atomic E-state index is 0.00252. The molecule has 266 valence electrons. The van der Waals surface area contributed by atoms with Crippen LogP contribution in [0.25, 0.3) is 16.7 Å². The molecule has 0 bridgehead atoms. The molecule has 8 heteroatoms. The van der Waals surface area contributed by atoms with Gasteiger partial charge in [-0.05, 0) is 72.1 Å². The van der Waals surface area contributed by atoms with Crippen molar-refractivity contribution >= 4 is 17.5 Å². The number of benzene rings is 2. The summed E-state index contributed by atoms with van der Waals surface area (Å²) in [4.78, 5) is 34.3. The number of esters is 1. The monoisotopic (exact) mass is 674 g/mol. The van der Waals surface area contributed by atoms with Crippen molar-refractivity contribution in [3.05, 3.63) is 95.3 Å². The van der Waals surface area contributed by atoms with Gasteiger partial charge < -0.3 is 19.7 Å². The molecule has 49 heavy (non-hydrogen) atoms. The number of aryl methyl sites for hydroxylation is 1. The fourth-order valence-corrected chi connectivity index (χ4v) is 5.65. The van der Waals surface area contributed by atoms with E-state index in [0.29, 0.717) is 12.2 Å². The molecular weight excluding hydrogens is 620 g/mol. The Labute approximate surface area is 292 Å². The Morgan fingerprint density at radius 1 is 0.714 bits per heavy atom. The highest BCUT2D eigenvalue weighted by Crippen LogP contribution is 2.35. The van der Waals surface area contributed by atoms with E-state index >= 15 is 0 Å². The van der Waals surface area contributed by atoms with Crippen LogP contribution >= 0.6 is 0 Å². The van der Waals surface area contributed by atoms with Gasteiger partial charge in [-0.15, -0.1) is 0 Å². The zero-order chi connectivity index (χ0) is 35.4. The van der Waals surface area contributed by atoms with E-state index in [0.717, 1.165) is 78.5 Å². The molecule has 0 unspecified atom stereocenters. The number of allylic oxidation sites excluding steroid dienone is 4. The first-order valence-electron chi connectivity index (χ1n) is 17.7. The molecule has 0 heterocycles. The third kappa shape index (κ3) is 13.0. The minimum atomic E-state index is -0.797. The first-order chi connectivity index (χ1) is 23.8. The van der Waals surface area contributed by atoms with Crippen LogP contribution in [-0.4, -0.2) is 42.2 Å². The Kier molecular flexibility index (Phi) is 17.4. The quantitative estimate of drug-likeness (QED) is 0.0300. The van der Waals surface area contributed by atoms with Crippen LogP contribution in [0.3, 0.4) is 0 Å². The number of aliphatic hydroxyl groups excluding tert-OH is 2. The molecule has 2 aromatic rings. The minimum Gasteiger partial charge on any atom is -0.461 e. The fraction of sp³-hybridized carbons (Fsp3) is 0.463. The Hall–Kier alpha value is -4.14. The first-order valence-corrected chi connectivity index (χ1v) is 17.7. The molecule has 0 saturated heterocycles. The van der Waals surface area contributed by atoms with Crippen molar-refractivity contribution in [2.45, 2.75) is 104 Å². The first kappa shape index (κ1) is 39.3. The molecular formula is C41H54O8. The molecule has 2 N–H and O–H groups in total. The summed E-state index contributed by atoms with van der Waals surface area (Å²) >= 11 is 0. The highest BCUT2D eigenvalue weighted by molar-refractivity contribution is 5.88. The van der Waals surface area contributed by atoms with Gasteiger partial charge in [0, 0.05) is 12.0 Å². The number of ether oxygens (including phenoxy) is 2. The van der Waals surface area contributed by atoms with Crippen molar-refractivity contribution in [1.82, 2.24) is 0 Å². The summed E-state index contributed by atoms with van der Waals surface area (Å²) in [6.07, 6.45) is 16.9. The maximum absolute atomic E-state index is 12.0. The Morgan fingerprint density at radius 3 is 1.96 bits per heavy atom.